The minimum Gasteiger partial charge on any atom is -0.302 e. The monoisotopic (exact) mass is 548 g/mol. The lowest BCUT2D eigenvalue weighted by atomic mass is 10.1. The topological polar surface area (TPSA) is 163 Å². The van der Waals surface area contributed by atoms with Gasteiger partial charge in [-0.1, -0.05) is 35.3 Å². The van der Waals surface area contributed by atoms with Gasteiger partial charge in [-0.3, -0.25) is 24.5 Å². The number of carbonyl (C=O) groups excluding carboxylic acids is 2. The summed E-state index contributed by atoms with van der Waals surface area (Å²) < 4.78 is 28.4. The number of aromatic nitrogens is 3. The Morgan fingerprint density at radius 2 is 1.76 bits per heavy atom. The Kier molecular flexibility index (Phi) is 7.77. The molecule has 11 nitrogen and oxygen atoms in total. The molecule has 192 valence electrons. The average Bonchev–Trinajstić information content (AvgIpc) is 3.27. The second kappa shape index (κ2) is 11.2. The second-order valence-corrected chi connectivity index (χ2v) is 10.7. The molecule has 4 rings (SSSR count). The van der Waals surface area contributed by atoms with Crippen molar-refractivity contribution in [2.45, 2.75) is 18.1 Å². The number of hydrogen-bond donors (Lipinski definition) is 4. The molecule has 0 radical (unpaired) electrons. The Labute approximate surface area is 222 Å². The third-order valence-electron chi connectivity index (χ3n) is 4.90. The van der Waals surface area contributed by atoms with E-state index in [0.29, 0.717) is 5.56 Å². The molecule has 13 heteroatoms. The van der Waals surface area contributed by atoms with Crippen LogP contribution in [0.5, 0.6) is 0 Å². The highest BCUT2D eigenvalue weighted by Crippen LogP contribution is 2.29. The van der Waals surface area contributed by atoms with Crippen molar-refractivity contribution in [3.63, 3.8) is 0 Å². The summed E-state index contributed by atoms with van der Waals surface area (Å²) in [5.41, 5.74) is 4.02. The van der Waals surface area contributed by atoms with E-state index in [1.807, 2.05) is 6.07 Å². The highest BCUT2D eigenvalue weighted by Gasteiger charge is 2.24. The van der Waals surface area contributed by atoms with Crippen LogP contribution in [0.2, 0.25) is 0 Å². The normalized spacial score (nSPS) is 10.7. The molecule has 0 atom stereocenters. The molecule has 0 aliphatic heterocycles. The first kappa shape index (κ1) is 26.4. The van der Waals surface area contributed by atoms with Gasteiger partial charge in [0.25, 0.3) is 15.9 Å². The quantitative estimate of drug-likeness (QED) is 0.162. The van der Waals surface area contributed by atoms with Crippen molar-refractivity contribution in [1.29, 1.82) is 0 Å². The maximum atomic E-state index is 13.1. The van der Waals surface area contributed by atoms with E-state index in [4.69, 9.17) is 5.21 Å². The lowest BCUT2D eigenvalue weighted by Gasteiger charge is -2.11. The number of sulfonamides is 1. The number of rotatable bonds is 6. The van der Waals surface area contributed by atoms with Crippen molar-refractivity contribution < 1.29 is 23.2 Å². The summed E-state index contributed by atoms with van der Waals surface area (Å²) in [6.07, 6.45) is 3.31. The molecule has 0 bridgehead atoms. The first-order valence-electron chi connectivity index (χ1n) is 10.9. The molecule has 0 aliphatic carbocycles. The number of anilines is 2. The van der Waals surface area contributed by atoms with E-state index in [1.165, 1.54) is 31.5 Å². The van der Waals surface area contributed by atoms with Crippen LogP contribution in [0.1, 0.15) is 34.1 Å². The summed E-state index contributed by atoms with van der Waals surface area (Å²) in [7, 11) is -4.17. The first-order chi connectivity index (χ1) is 18.1. The van der Waals surface area contributed by atoms with Gasteiger partial charge in [0.15, 0.2) is 9.34 Å². The first-order valence-corrected chi connectivity index (χ1v) is 13.2. The van der Waals surface area contributed by atoms with Gasteiger partial charge in [-0.15, -0.1) is 0 Å². The van der Waals surface area contributed by atoms with E-state index in [-0.39, 0.29) is 32.1 Å². The maximum absolute atomic E-state index is 13.1. The van der Waals surface area contributed by atoms with Crippen LogP contribution < -0.4 is 15.5 Å². The fraction of sp³-hybridized carbons (Fsp3) is 0.0800. The van der Waals surface area contributed by atoms with E-state index in [9.17, 15) is 18.0 Å². The number of nitrogens with zero attached hydrogens (tertiary/aromatic N) is 3. The van der Waals surface area contributed by atoms with Crippen LogP contribution in [0.15, 0.2) is 65.1 Å². The molecule has 2 amide bonds. The Hall–Kier alpha value is -4.64. The number of carbonyl (C=O) groups is 2. The fourth-order valence-corrected chi connectivity index (χ4v) is 5.71. The van der Waals surface area contributed by atoms with Gasteiger partial charge in [0.05, 0.1) is 11.4 Å². The van der Waals surface area contributed by atoms with E-state index in [1.54, 1.807) is 42.7 Å². The van der Waals surface area contributed by atoms with Crippen molar-refractivity contribution >= 4 is 44.1 Å². The number of aryl methyl sites for hydroxylation is 1. The van der Waals surface area contributed by atoms with Crippen molar-refractivity contribution in [3.05, 3.63) is 83.3 Å². The van der Waals surface area contributed by atoms with Gasteiger partial charge in [-0.25, -0.2) is 23.9 Å². The molecule has 38 heavy (non-hydrogen) atoms. The van der Waals surface area contributed by atoms with Gasteiger partial charge in [0.2, 0.25) is 5.91 Å². The zero-order chi connectivity index (χ0) is 27.3. The molecule has 3 heterocycles. The summed E-state index contributed by atoms with van der Waals surface area (Å²) >= 11 is 0.777. The average molecular weight is 549 g/mol. The van der Waals surface area contributed by atoms with Gasteiger partial charge < -0.3 is 5.32 Å². The Bertz CT molecular complexity index is 1670. The Morgan fingerprint density at radius 1 is 1.03 bits per heavy atom. The van der Waals surface area contributed by atoms with Gasteiger partial charge in [0.1, 0.15) is 5.82 Å². The molecular weight excluding hydrogens is 528 g/mol. The summed E-state index contributed by atoms with van der Waals surface area (Å²) in [5, 5.41) is 11.7. The van der Waals surface area contributed by atoms with Crippen LogP contribution in [0.25, 0.3) is 11.3 Å². The zero-order valence-electron chi connectivity index (χ0n) is 20.0. The molecule has 4 aromatic rings. The zero-order valence-corrected chi connectivity index (χ0v) is 21.6. The van der Waals surface area contributed by atoms with Crippen molar-refractivity contribution in [2.24, 2.45) is 0 Å². The summed E-state index contributed by atoms with van der Waals surface area (Å²) in [4.78, 5) is 35.9. The lowest BCUT2D eigenvalue weighted by Crippen LogP contribution is -2.20. The SMILES string of the molecule is CC(=O)Nc1nc(C)c(S(=O)(=O)Nc2cc(C(=O)NO)cc(-c3ccc(C#Cc4cccnc4)cc3)n2)s1. The fourth-order valence-electron chi connectivity index (χ4n) is 3.25. The van der Waals surface area contributed by atoms with Crippen LogP contribution in [0.3, 0.4) is 0 Å². The summed E-state index contributed by atoms with van der Waals surface area (Å²) in [6.45, 7) is 2.77. The molecule has 1 aromatic carbocycles. The number of benzene rings is 1. The number of thiazole rings is 1. The molecule has 3 aromatic heterocycles. The number of hydrogen-bond acceptors (Lipinski definition) is 9. The number of amides is 2. The Balaban J connectivity index is 1.66. The minimum atomic E-state index is -4.17. The molecule has 0 fully saturated rings. The van der Waals surface area contributed by atoms with Gasteiger partial charge in [-0.2, -0.15) is 0 Å². The molecule has 4 N–H and O–H groups in total. The smallest absolute Gasteiger partial charge is 0.274 e. The molecular formula is C25H20N6O5S2. The summed E-state index contributed by atoms with van der Waals surface area (Å²) in [5.74, 6) is 4.63. The third kappa shape index (κ3) is 6.37. The van der Waals surface area contributed by atoms with Crippen molar-refractivity contribution in [1.82, 2.24) is 20.4 Å². The van der Waals surface area contributed by atoms with Crippen molar-refractivity contribution in [3.8, 4) is 23.1 Å². The molecule has 0 unspecified atom stereocenters. The number of nitrogens with one attached hydrogen (secondary N) is 3. The largest absolute Gasteiger partial charge is 0.302 e. The highest BCUT2D eigenvalue weighted by molar-refractivity contribution is 7.94. The van der Waals surface area contributed by atoms with Crippen LogP contribution >= 0.6 is 11.3 Å². The van der Waals surface area contributed by atoms with Crippen LogP contribution in [0, 0.1) is 18.8 Å². The number of pyridine rings is 2. The lowest BCUT2D eigenvalue weighted by molar-refractivity contribution is -0.114. The highest BCUT2D eigenvalue weighted by atomic mass is 32.2. The van der Waals surface area contributed by atoms with Crippen LogP contribution in [-0.2, 0) is 14.8 Å². The molecule has 0 spiro atoms. The van der Waals surface area contributed by atoms with E-state index < -0.39 is 21.8 Å². The maximum Gasteiger partial charge on any atom is 0.274 e. The van der Waals surface area contributed by atoms with E-state index >= 15 is 0 Å². The predicted octanol–water partition coefficient (Wildman–Crippen LogP) is 3.19. The predicted molar refractivity (Wildman–Crippen MR) is 141 cm³/mol. The number of hydroxylamine groups is 1. The standard InChI is InChI=1S/C25H20N6O5S2/c1-15-24(37-25(27-15)28-16(2)32)38(35,36)31-22-13-20(23(33)30-34)12-21(29-22)19-9-7-17(8-10-19)5-6-18-4-3-11-26-14-18/h3-4,7-14,34H,1-2H3,(H,29,31)(H,30,33)(H,27,28,32). The summed E-state index contributed by atoms with van der Waals surface area (Å²) in [6, 6.07) is 13.2. The molecule has 0 saturated heterocycles. The van der Waals surface area contributed by atoms with E-state index in [2.05, 4.69) is 36.8 Å². The van der Waals surface area contributed by atoms with Crippen LogP contribution in [-0.4, -0.2) is 40.4 Å². The molecule has 0 aliphatic rings. The Morgan fingerprint density at radius 3 is 2.42 bits per heavy atom. The third-order valence-corrected chi connectivity index (χ3v) is 7.94. The van der Waals surface area contributed by atoms with Crippen LogP contribution in [0.4, 0.5) is 10.9 Å². The molecule has 0 saturated carbocycles. The minimum absolute atomic E-state index is 0.0318. The van der Waals surface area contributed by atoms with Gasteiger partial charge >= 0.3 is 0 Å². The van der Waals surface area contributed by atoms with Gasteiger partial charge in [0, 0.05) is 41.6 Å². The van der Waals surface area contributed by atoms with Crippen molar-refractivity contribution in [2.75, 3.05) is 10.0 Å². The second-order valence-electron chi connectivity index (χ2n) is 7.81. The van der Waals surface area contributed by atoms with E-state index in [0.717, 1.165) is 22.5 Å². The van der Waals surface area contributed by atoms with Gasteiger partial charge in [-0.05, 0) is 43.3 Å².